The summed E-state index contributed by atoms with van der Waals surface area (Å²) in [5, 5.41) is 17.8. The summed E-state index contributed by atoms with van der Waals surface area (Å²) in [7, 11) is 3.54. The minimum atomic E-state index is -0.762. The normalized spacial score (nSPS) is 15.5. The standard InChI is InChI=1S/C36H38N6O4/c1-39(23-30-13-8-12-29-11-6-7-14-33(29)30)24-34-41(25-35(44)42(34)31(26-43)21-27-9-4-3-5-10-27)40(20-19-37)36(45)38-22-28-15-17-32(46-2)18-16-28/h3-18,26,31,34H,20-25H2,1-2H3,(H,38,45)/t31-,34+/m0/s1. The Bertz CT molecular complexity index is 1690. The molecule has 1 aliphatic rings. The lowest BCUT2D eigenvalue weighted by Gasteiger charge is -2.39. The van der Waals surface area contributed by atoms with E-state index in [1.165, 1.54) is 5.01 Å². The molecule has 10 heteroatoms. The number of nitrogens with one attached hydrogen (secondary N) is 1. The lowest BCUT2D eigenvalue weighted by atomic mass is 10.0. The molecule has 4 aromatic rings. The van der Waals surface area contributed by atoms with Crippen LogP contribution in [-0.2, 0) is 29.1 Å². The Hall–Kier alpha value is -5.24. The number of rotatable bonds is 13. The first-order valence-corrected chi connectivity index (χ1v) is 15.2. The van der Waals surface area contributed by atoms with Gasteiger partial charge in [0.2, 0.25) is 5.91 Å². The third-order valence-electron chi connectivity index (χ3n) is 8.22. The Labute approximate surface area is 269 Å². The van der Waals surface area contributed by atoms with Gasteiger partial charge in [-0.1, -0.05) is 84.9 Å². The van der Waals surface area contributed by atoms with E-state index in [2.05, 4.69) is 40.6 Å². The van der Waals surface area contributed by atoms with E-state index in [1.54, 1.807) is 29.2 Å². The number of hydrazine groups is 1. The van der Waals surface area contributed by atoms with Gasteiger partial charge in [0.15, 0.2) is 0 Å². The first-order chi connectivity index (χ1) is 22.4. The number of urea groups is 1. The van der Waals surface area contributed by atoms with Gasteiger partial charge in [0, 0.05) is 19.6 Å². The predicted octanol–water partition coefficient (Wildman–Crippen LogP) is 4.21. The van der Waals surface area contributed by atoms with E-state index in [9.17, 15) is 19.6 Å². The molecular weight excluding hydrogens is 580 g/mol. The van der Waals surface area contributed by atoms with Crippen molar-refractivity contribution in [2.24, 2.45) is 0 Å². The molecule has 236 valence electrons. The molecule has 3 amide bonds. The topological polar surface area (TPSA) is 109 Å². The number of fused-ring (bicyclic) bond motifs is 1. The van der Waals surface area contributed by atoms with Crippen molar-refractivity contribution < 1.29 is 19.1 Å². The number of hydrogen-bond donors (Lipinski definition) is 1. The molecule has 0 saturated carbocycles. The van der Waals surface area contributed by atoms with Crippen molar-refractivity contribution in [2.45, 2.75) is 31.7 Å². The van der Waals surface area contributed by atoms with Crippen LogP contribution in [0.2, 0.25) is 0 Å². The van der Waals surface area contributed by atoms with Crippen LogP contribution in [0.15, 0.2) is 97.1 Å². The van der Waals surface area contributed by atoms with Gasteiger partial charge in [0.05, 0.1) is 25.8 Å². The number of carbonyl (C=O) groups excluding carboxylic acids is 3. The van der Waals surface area contributed by atoms with E-state index in [0.717, 1.165) is 33.7 Å². The number of benzene rings is 4. The SMILES string of the molecule is COc1ccc(CNC(=O)N(CC#N)N2CC(=O)N([C@H](C=O)Cc3ccccc3)[C@@H]2CN(C)Cc2cccc3ccccc23)cc1. The molecule has 2 atom stereocenters. The summed E-state index contributed by atoms with van der Waals surface area (Å²) < 4.78 is 5.22. The monoisotopic (exact) mass is 618 g/mol. The molecule has 1 aliphatic heterocycles. The summed E-state index contributed by atoms with van der Waals surface area (Å²) in [6, 6.07) is 32.0. The molecule has 10 nitrogen and oxygen atoms in total. The Morgan fingerprint density at radius 3 is 2.46 bits per heavy atom. The molecule has 1 fully saturated rings. The van der Waals surface area contributed by atoms with Gasteiger partial charge in [0.25, 0.3) is 0 Å². The maximum absolute atomic E-state index is 13.7. The third kappa shape index (κ3) is 7.51. The molecule has 1 saturated heterocycles. The van der Waals surface area contributed by atoms with Crippen molar-refractivity contribution in [3.8, 4) is 11.8 Å². The molecule has 46 heavy (non-hydrogen) atoms. The second-order valence-corrected chi connectivity index (χ2v) is 11.3. The van der Waals surface area contributed by atoms with Crippen molar-refractivity contribution >= 4 is 29.0 Å². The van der Waals surface area contributed by atoms with Crippen LogP contribution in [0.3, 0.4) is 0 Å². The number of amides is 3. The lowest BCUT2D eigenvalue weighted by Crippen LogP contribution is -2.59. The van der Waals surface area contributed by atoms with Crippen LogP contribution in [0.4, 0.5) is 4.79 Å². The second-order valence-electron chi connectivity index (χ2n) is 11.3. The summed E-state index contributed by atoms with van der Waals surface area (Å²) in [5.41, 5.74) is 2.88. The number of methoxy groups -OCH3 is 1. The summed E-state index contributed by atoms with van der Waals surface area (Å²) in [5.74, 6) is 0.412. The highest BCUT2D eigenvalue weighted by atomic mass is 16.5. The summed E-state index contributed by atoms with van der Waals surface area (Å²) in [6.45, 7) is 0.682. The molecule has 0 radical (unpaired) electrons. The fraction of sp³-hybridized carbons (Fsp3) is 0.278. The van der Waals surface area contributed by atoms with E-state index in [4.69, 9.17) is 4.74 Å². The Balaban J connectivity index is 1.41. The van der Waals surface area contributed by atoms with E-state index in [-0.39, 0.29) is 25.5 Å². The number of aldehydes is 1. The van der Waals surface area contributed by atoms with Gasteiger partial charge in [0.1, 0.15) is 24.7 Å². The molecule has 0 spiro atoms. The summed E-state index contributed by atoms with van der Waals surface area (Å²) in [4.78, 5) is 43.6. The number of carbonyl (C=O) groups is 3. The highest BCUT2D eigenvalue weighted by Gasteiger charge is 2.45. The molecule has 0 aliphatic carbocycles. The zero-order valence-corrected chi connectivity index (χ0v) is 26.1. The van der Waals surface area contributed by atoms with E-state index >= 15 is 0 Å². The van der Waals surface area contributed by atoms with Crippen LogP contribution in [-0.4, -0.2) is 84.0 Å². The summed E-state index contributed by atoms with van der Waals surface area (Å²) >= 11 is 0. The second kappa shape index (κ2) is 15.2. The zero-order chi connectivity index (χ0) is 32.5. The van der Waals surface area contributed by atoms with Gasteiger partial charge in [-0.15, -0.1) is 0 Å². The fourth-order valence-electron chi connectivity index (χ4n) is 5.96. The largest absolute Gasteiger partial charge is 0.497 e. The Morgan fingerprint density at radius 1 is 1.02 bits per heavy atom. The minimum absolute atomic E-state index is 0.149. The molecule has 4 aromatic carbocycles. The molecule has 0 bridgehead atoms. The van der Waals surface area contributed by atoms with Crippen LogP contribution < -0.4 is 10.1 Å². The van der Waals surface area contributed by atoms with E-state index in [1.807, 2.05) is 67.7 Å². The highest BCUT2D eigenvalue weighted by Crippen LogP contribution is 2.26. The average molecular weight is 619 g/mol. The molecule has 5 rings (SSSR count). The first kappa shape index (κ1) is 32.2. The van der Waals surface area contributed by atoms with Crippen molar-refractivity contribution in [3.63, 3.8) is 0 Å². The van der Waals surface area contributed by atoms with Gasteiger partial charge in [-0.3, -0.25) is 9.69 Å². The number of ether oxygens (including phenoxy) is 1. The average Bonchev–Trinajstić information content (AvgIpc) is 3.40. The Kier molecular flexibility index (Phi) is 10.6. The molecule has 1 heterocycles. The quantitative estimate of drug-likeness (QED) is 0.177. The van der Waals surface area contributed by atoms with Gasteiger partial charge < -0.3 is 19.7 Å². The van der Waals surface area contributed by atoms with Crippen LogP contribution in [0.5, 0.6) is 5.75 Å². The fourth-order valence-corrected chi connectivity index (χ4v) is 5.96. The summed E-state index contributed by atoms with van der Waals surface area (Å²) in [6.07, 6.45) is 0.436. The number of nitrogens with zero attached hydrogens (tertiary/aromatic N) is 5. The Morgan fingerprint density at radius 2 is 1.74 bits per heavy atom. The van der Waals surface area contributed by atoms with Gasteiger partial charge in [-0.2, -0.15) is 10.3 Å². The maximum Gasteiger partial charge on any atom is 0.333 e. The van der Waals surface area contributed by atoms with Crippen LogP contribution in [0, 0.1) is 11.3 Å². The zero-order valence-electron chi connectivity index (χ0n) is 26.1. The molecule has 0 aromatic heterocycles. The highest BCUT2D eigenvalue weighted by molar-refractivity contribution is 5.86. The van der Waals surface area contributed by atoms with Crippen molar-refractivity contribution in [1.82, 2.24) is 25.1 Å². The smallest absolute Gasteiger partial charge is 0.333 e. The first-order valence-electron chi connectivity index (χ1n) is 15.2. The van der Waals surface area contributed by atoms with Crippen molar-refractivity contribution in [2.75, 3.05) is 33.8 Å². The van der Waals surface area contributed by atoms with Crippen LogP contribution in [0.1, 0.15) is 16.7 Å². The van der Waals surface area contributed by atoms with E-state index in [0.29, 0.717) is 25.3 Å². The minimum Gasteiger partial charge on any atom is -0.497 e. The predicted molar refractivity (Wildman–Crippen MR) is 175 cm³/mol. The van der Waals surface area contributed by atoms with E-state index < -0.39 is 18.2 Å². The van der Waals surface area contributed by atoms with Gasteiger partial charge in [-0.05, 0) is 53.1 Å². The maximum atomic E-state index is 13.7. The van der Waals surface area contributed by atoms with Crippen LogP contribution in [0.25, 0.3) is 10.8 Å². The van der Waals surface area contributed by atoms with Crippen LogP contribution >= 0.6 is 0 Å². The third-order valence-corrected chi connectivity index (χ3v) is 8.22. The molecular formula is C36H38N6O4. The number of hydrogen-bond acceptors (Lipinski definition) is 7. The lowest BCUT2D eigenvalue weighted by molar-refractivity contribution is -0.134. The number of nitriles is 1. The van der Waals surface area contributed by atoms with Crippen molar-refractivity contribution in [3.05, 3.63) is 114 Å². The van der Waals surface area contributed by atoms with Gasteiger partial charge >= 0.3 is 6.03 Å². The number of likely N-dealkylation sites (N-methyl/N-ethyl adjacent to an activating group) is 1. The van der Waals surface area contributed by atoms with Crippen molar-refractivity contribution in [1.29, 1.82) is 5.26 Å². The molecule has 1 N–H and O–H groups in total. The molecule has 0 unspecified atom stereocenters. The van der Waals surface area contributed by atoms with Gasteiger partial charge in [-0.25, -0.2) is 9.80 Å².